The number of amides is 2. The molecule has 20 heavy (non-hydrogen) atoms. The van der Waals surface area contributed by atoms with Crippen molar-refractivity contribution in [1.29, 1.82) is 0 Å². The van der Waals surface area contributed by atoms with E-state index in [2.05, 4.69) is 10.6 Å². The highest BCUT2D eigenvalue weighted by Gasteiger charge is 2.14. The number of aliphatic carboxylic acids is 1. The number of carbonyl (C=O) groups excluding carboxylic acids is 1. The van der Waals surface area contributed by atoms with E-state index < -0.39 is 24.0 Å². The molecule has 0 aliphatic carbocycles. The molecule has 0 aliphatic rings. The average molecular weight is 302 g/mol. The van der Waals surface area contributed by atoms with E-state index in [1.54, 1.807) is 0 Å². The van der Waals surface area contributed by atoms with Gasteiger partial charge in [-0.2, -0.15) is 0 Å². The maximum atomic E-state index is 11.5. The van der Waals surface area contributed by atoms with Gasteiger partial charge in [0.25, 0.3) is 0 Å². The minimum Gasteiger partial charge on any atom is -0.480 e. The second-order valence-corrected chi connectivity index (χ2v) is 4.19. The molecular formula is C11H12ClN3O5. The Bertz CT molecular complexity index is 549. The van der Waals surface area contributed by atoms with Crippen LogP contribution in [0.1, 0.15) is 10.4 Å². The van der Waals surface area contributed by atoms with E-state index in [0.29, 0.717) is 0 Å². The maximum Gasteiger partial charge on any atom is 0.337 e. The third-order valence-electron chi connectivity index (χ3n) is 2.25. The lowest BCUT2D eigenvalue weighted by molar-refractivity contribution is -0.138. The normalized spacial score (nSPS) is 11.5. The molecule has 0 radical (unpaired) electrons. The monoisotopic (exact) mass is 301 g/mol. The molecule has 1 aromatic rings. The molecule has 2 amide bonds. The summed E-state index contributed by atoms with van der Waals surface area (Å²) >= 11 is 5.67. The molecule has 8 nitrogen and oxygen atoms in total. The first-order chi connectivity index (χ1) is 9.31. The van der Waals surface area contributed by atoms with Gasteiger partial charge in [-0.15, -0.1) is 0 Å². The number of carboxylic acids is 2. The predicted molar refractivity (Wildman–Crippen MR) is 71.0 cm³/mol. The molecule has 0 fully saturated rings. The van der Waals surface area contributed by atoms with Crippen molar-refractivity contribution in [2.75, 3.05) is 11.9 Å². The van der Waals surface area contributed by atoms with E-state index in [1.165, 1.54) is 18.2 Å². The van der Waals surface area contributed by atoms with Crippen LogP contribution < -0.4 is 16.4 Å². The molecule has 1 aromatic carbocycles. The van der Waals surface area contributed by atoms with Crippen LogP contribution in [0.2, 0.25) is 5.02 Å². The number of hydrogen-bond acceptors (Lipinski definition) is 4. The van der Waals surface area contributed by atoms with Gasteiger partial charge in [0.2, 0.25) is 0 Å². The number of nitrogens with two attached hydrogens (primary N) is 1. The van der Waals surface area contributed by atoms with E-state index in [9.17, 15) is 14.4 Å². The highest BCUT2D eigenvalue weighted by atomic mass is 35.5. The molecule has 108 valence electrons. The number of carboxylic acid groups (broad SMARTS) is 2. The van der Waals surface area contributed by atoms with Gasteiger partial charge in [0.05, 0.1) is 10.6 Å². The SMILES string of the molecule is N[C@@H](CNC(=O)Nc1ccc(Cl)c(C(=O)O)c1)C(=O)O. The topological polar surface area (TPSA) is 142 Å². The summed E-state index contributed by atoms with van der Waals surface area (Å²) in [6.07, 6.45) is 0. The molecular weight excluding hydrogens is 290 g/mol. The molecule has 0 heterocycles. The number of carbonyl (C=O) groups is 3. The van der Waals surface area contributed by atoms with Crippen LogP contribution in [-0.4, -0.2) is 40.8 Å². The van der Waals surface area contributed by atoms with Crippen LogP contribution in [0.4, 0.5) is 10.5 Å². The van der Waals surface area contributed by atoms with E-state index in [-0.39, 0.29) is 22.8 Å². The molecule has 0 saturated heterocycles. The van der Waals surface area contributed by atoms with E-state index in [1.807, 2.05) is 0 Å². The van der Waals surface area contributed by atoms with Crippen molar-refractivity contribution in [3.8, 4) is 0 Å². The molecule has 1 atom stereocenters. The summed E-state index contributed by atoms with van der Waals surface area (Å²) in [5, 5.41) is 22.0. The molecule has 9 heteroatoms. The van der Waals surface area contributed by atoms with Gasteiger partial charge >= 0.3 is 18.0 Å². The predicted octanol–water partition coefficient (Wildman–Crippen LogP) is 0.572. The number of nitrogens with one attached hydrogen (secondary N) is 2. The smallest absolute Gasteiger partial charge is 0.337 e. The van der Waals surface area contributed by atoms with Crippen molar-refractivity contribution in [2.45, 2.75) is 6.04 Å². The lowest BCUT2D eigenvalue weighted by atomic mass is 10.2. The number of aromatic carboxylic acids is 1. The zero-order valence-corrected chi connectivity index (χ0v) is 10.8. The van der Waals surface area contributed by atoms with E-state index in [0.717, 1.165) is 0 Å². The van der Waals surface area contributed by atoms with E-state index in [4.69, 9.17) is 27.5 Å². The lowest BCUT2D eigenvalue weighted by Crippen LogP contribution is -2.43. The summed E-state index contributed by atoms with van der Waals surface area (Å²) in [6, 6.07) is 1.98. The van der Waals surface area contributed by atoms with Gasteiger partial charge in [0.1, 0.15) is 6.04 Å². The van der Waals surface area contributed by atoms with Gasteiger partial charge in [0.15, 0.2) is 0 Å². The highest BCUT2D eigenvalue weighted by molar-refractivity contribution is 6.33. The number of rotatable bonds is 5. The minimum atomic E-state index is -1.25. The average Bonchev–Trinajstić information content (AvgIpc) is 2.37. The summed E-state index contributed by atoms with van der Waals surface area (Å²) in [6.45, 7) is -0.263. The number of halogens is 1. The Morgan fingerprint density at radius 3 is 2.50 bits per heavy atom. The second-order valence-electron chi connectivity index (χ2n) is 3.78. The minimum absolute atomic E-state index is 0.0383. The van der Waals surface area contributed by atoms with Gasteiger partial charge in [-0.25, -0.2) is 9.59 Å². The molecule has 0 bridgehead atoms. The number of hydrogen-bond donors (Lipinski definition) is 5. The maximum absolute atomic E-state index is 11.5. The van der Waals surface area contributed by atoms with Gasteiger partial charge in [-0.05, 0) is 18.2 Å². The van der Waals surface area contributed by atoms with Crippen molar-refractivity contribution in [2.24, 2.45) is 5.73 Å². The number of benzene rings is 1. The third-order valence-corrected chi connectivity index (χ3v) is 2.58. The Morgan fingerprint density at radius 1 is 1.30 bits per heavy atom. The molecule has 0 saturated carbocycles. The van der Waals surface area contributed by atoms with Crippen LogP contribution in [0.25, 0.3) is 0 Å². The second kappa shape index (κ2) is 6.73. The Hall–Kier alpha value is -2.32. The largest absolute Gasteiger partial charge is 0.480 e. The van der Waals surface area contributed by atoms with Gasteiger partial charge in [0, 0.05) is 12.2 Å². The van der Waals surface area contributed by atoms with Crippen LogP contribution >= 0.6 is 11.6 Å². The Balaban J connectivity index is 2.65. The zero-order chi connectivity index (χ0) is 15.3. The first-order valence-corrected chi connectivity index (χ1v) is 5.75. The molecule has 0 unspecified atom stereocenters. The summed E-state index contributed by atoms with van der Waals surface area (Å²) in [5.41, 5.74) is 5.25. The summed E-state index contributed by atoms with van der Waals surface area (Å²) in [7, 11) is 0. The quantitative estimate of drug-likeness (QED) is 0.538. The van der Waals surface area contributed by atoms with Crippen LogP contribution in [0.3, 0.4) is 0 Å². The highest BCUT2D eigenvalue weighted by Crippen LogP contribution is 2.20. The van der Waals surface area contributed by atoms with Crippen molar-refractivity contribution in [3.05, 3.63) is 28.8 Å². The summed E-state index contributed by atoms with van der Waals surface area (Å²) in [4.78, 5) is 32.8. The zero-order valence-electron chi connectivity index (χ0n) is 10.1. The Labute approximate surface area is 118 Å². The summed E-state index contributed by atoms with van der Waals surface area (Å²) < 4.78 is 0. The lowest BCUT2D eigenvalue weighted by Gasteiger charge is -2.10. The van der Waals surface area contributed by atoms with Crippen LogP contribution in [0, 0.1) is 0 Å². The Morgan fingerprint density at radius 2 is 1.95 bits per heavy atom. The first kappa shape index (κ1) is 15.7. The molecule has 0 aromatic heterocycles. The Kier molecular flexibility index (Phi) is 5.30. The van der Waals surface area contributed by atoms with Crippen molar-refractivity contribution in [3.63, 3.8) is 0 Å². The fourth-order valence-corrected chi connectivity index (χ4v) is 1.43. The van der Waals surface area contributed by atoms with Crippen LogP contribution in [0.5, 0.6) is 0 Å². The standard InChI is InChI=1S/C11H12ClN3O5/c12-7-2-1-5(3-6(7)9(16)17)15-11(20)14-4-8(13)10(18)19/h1-3,8H,4,13H2,(H,16,17)(H,18,19)(H2,14,15,20)/t8-/m0/s1. The number of urea groups is 1. The van der Waals surface area contributed by atoms with Crippen molar-refractivity contribution in [1.82, 2.24) is 5.32 Å². The molecule has 1 rings (SSSR count). The third kappa shape index (κ3) is 4.41. The van der Waals surface area contributed by atoms with Gasteiger partial charge in [-0.3, -0.25) is 4.79 Å². The van der Waals surface area contributed by atoms with Gasteiger partial charge < -0.3 is 26.6 Å². The fraction of sp³-hybridized carbons (Fsp3) is 0.182. The molecule has 0 aliphatic heterocycles. The van der Waals surface area contributed by atoms with Crippen molar-refractivity contribution < 1.29 is 24.6 Å². The fourth-order valence-electron chi connectivity index (χ4n) is 1.23. The van der Waals surface area contributed by atoms with Gasteiger partial charge in [-0.1, -0.05) is 11.6 Å². The van der Waals surface area contributed by atoms with Crippen molar-refractivity contribution >= 4 is 35.3 Å². The molecule has 6 N–H and O–H groups in total. The van der Waals surface area contributed by atoms with Crippen LogP contribution in [0.15, 0.2) is 18.2 Å². The van der Waals surface area contributed by atoms with E-state index >= 15 is 0 Å². The number of anilines is 1. The van der Waals surface area contributed by atoms with Crippen LogP contribution in [-0.2, 0) is 4.79 Å². The molecule has 0 spiro atoms. The summed E-state index contributed by atoms with van der Waals surface area (Å²) in [5.74, 6) is -2.48. The first-order valence-electron chi connectivity index (χ1n) is 5.37.